The van der Waals surface area contributed by atoms with Gasteiger partial charge >= 0.3 is 34.1 Å². The Morgan fingerprint density at radius 3 is 0.413 bits per heavy atom. The quantitative estimate of drug-likeness (QED) is 0.0537. The first kappa shape index (κ1) is 72.2. The largest absolute Gasteiger partial charge is 2.00 e. The smallest absolute Gasteiger partial charge is 0.651 e. The molecule has 0 aliphatic heterocycles. The van der Waals surface area contributed by atoms with Gasteiger partial charge in [0.25, 0.3) is 0 Å². The van der Waals surface area contributed by atoms with Crippen LogP contribution in [0.5, 0.6) is 0 Å². The van der Waals surface area contributed by atoms with Crippen LogP contribution in [-0.2, 0) is 34.1 Å². The summed E-state index contributed by atoms with van der Waals surface area (Å²) in [5, 5.41) is 27.3. The fraction of sp³-hybridized carbons (Fsp3) is 0. The van der Waals surface area contributed by atoms with Crippen molar-refractivity contribution in [3.8, 4) is 44.5 Å². The van der Waals surface area contributed by atoms with Crippen molar-refractivity contribution in [2.75, 3.05) is 0 Å². The zero-order valence-electron chi connectivity index (χ0n) is 57.1. The molecule has 0 fully saturated rings. The van der Waals surface area contributed by atoms with Crippen molar-refractivity contribution < 1.29 is 34.1 Å². The summed E-state index contributed by atoms with van der Waals surface area (Å²) in [6.45, 7) is 0. The minimum absolute atomic E-state index is 0. The molecule has 2 nitrogen and oxygen atoms in total. The van der Waals surface area contributed by atoms with Crippen LogP contribution in [-0.4, -0.2) is 0 Å². The van der Waals surface area contributed by atoms with Crippen molar-refractivity contribution in [2.45, 2.75) is 0 Å². The minimum Gasteiger partial charge on any atom is -0.651 e. The van der Waals surface area contributed by atoms with Gasteiger partial charge in [-0.15, -0.1) is 0 Å². The molecule has 0 amide bonds. The van der Waals surface area contributed by atoms with Gasteiger partial charge < -0.3 is 10.6 Å². The predicted octanol–water partition coefficient (Wildman–Crippen LogP) is 20.7. The van der Waals surface area contributed by atoms with Gasteiger partial charge in [-0.25, -0.2) is 0 Å². The molecule has 0 atom stereocenters. The second-order valence-corrected chi connectivity index (χ2v) is 34.8. The molecule has 8 heteroatoms. The van der Waals surface area contributed by atoms with E-state index < -0.39 is 31.7 Å². The van der Waals surface area contributed by atoms with E-state index in [4.69, 9.17) is 10.6 Å². The monoisotopic (exact) mass is 1510 g/mol. The van der Waals surface area contributed by atoms with Crippen molar-refractivity contribution in [2.24, 2.45) is 0 Å². The summed E-state index contributed by atoms with van der Waals surface area (Å²) in [4.78, 5) is 0. The number of nitrogens with zero attached hydrogens (tertiary/aromatic N) is 2. The van der Waals surface area contributed by atoms with E-state index in [0.29, 0.717) is 0 Å². The van der Waals surface area contributed by atoms with Gasteiger partial charge in [0, 0.05) is 0 Å². The summed E-state index contributed by atoms with van der Waals surface area (Å²) in [5.74, 6) is 0. The summed E-state index contributed by atoms with van der Waals surface area (Å²) in [6, 6.07) is 158. The number of hydrogen-bond donors (Lipinski definition) is 0. The van der Waals surface area contributed by atoms with Crippen LogP contribution in [0.25, 0.3) is 55.1 Å². The van der Waals surface area contributed by atoms with Gasteiger partial charge in [0.2, 0.25) is 0 Å². The van der Waals surface area contributed by atoms with E-state index >= 15 is 0 Å². The van der Waals surface area contributed by atoms with Crippen LogP contribution < -0.4 is 63.7 Å². The first-order chi connectivity index (χ1) is 50.6. The summed E-state index contributed by atoms with van der Waals surface area (Å²) in [7, 11) is -5.71. The van der Waals surface area contributed by atoms with Crippen molar-refractivity contribution >= 4 is 118 Å². The van der Waals surface area contributed by atoms with Gasteiger partial charge in [-0.3, -0.25) is 0 Å². The maximum Gasteiger partial charge on any atom is 2.00 e. The van der Waals surface area contributed by atoms with Gasteiger partial charge in [-0.1, -0.05) is 338 Å². The fourth-order valence-corrected chi connectivity index (χ4v) is 24.4. The first-order valence-electron chi connectivity index (χ1n) is 34.8. The van der Waals surface area contributed by atoms with Gasteiger partial charge in [-0.05, 0) is 166 Å². The molecule has 16 aromatic rings. The van der Waals surface area contributed by atoms with Crippen LogP contribution in [0, 0.1) is 0 Å². The number of rotatable bonds is 20. The maximum absolute atomic E-state index is 5.71. The van der Waals surface area contributed by atoms with Crippen LogP contribution in [0.2, 0.25) is 0 Å². The summed E-state index contributed by atoms with van der Waals surface area (Å²) in [5.41, 5.74) is 13.7. The van der Waals surface area contributed by atoms with Gasteiger partial charge in [-0.2, -0.15) is 0 Å². The SMILES string of the molecule is [Cu+2].[Cu+2].c1ccc(-c2ccc([N-]c3ccc(-c4ccccc4)cc3[PH+](c3ccccc3)c3ccccc3)c([PH+](c3ccccc3)c3ccccc3)c2)cc1.c1ccc(-c2ccc([N-]c3ccc(-c4ccccc4)cc3[PH+](c3ccccc3)c3ccccc3)c([PH+](c3ccccc3)c3ccccc3)c2)cc1. The predicted molar refractivity (Wildman–Crippen MR) is 453 cm³/mol. The second-order valence-electron chi connectivity index (χ2n) is 25.0. The summed E-state index contributed by atoms with van der Waals surface area (Å²) in [6.07, 6.45) is 0. The van der Waals surface area contributed by atoms with Crippen LogP contribution in [0.1, 0.15) is 0 Å². The molecule has 16 aromatic carbocycles. The van der Waals surface area contributed by atoms with E-state index in [1.165, 1.54) is 108 Å². The van der Waals surface area contributed by atoms with E-state index in [0.717, 1.165) is 22.7 Å². The van der Waals surface area contributed by atoms with E-state index in [-0.39, 0.29) is 34.1 Å². The third-order valence-corrected chi connectivity index (χ3v) is 29.5. The minimum atomic E-state index is -1.43. The first-order valence-corrected chi connectivity index (χ1v) is 40.8. The Bertz CT molecular complexity index is 4480. The van der Waals surface area contributed by atoms with E-state index in [9.17, 15) is 0 Å². The molecule has 0 heterocycles. The van der Waals surface area contributed by atoms with E-state index in [1.807, 2.05) is 0 Å². The third kappa shape index (κ3) is 17.2. The van der Waals surface area contributed by atoms with Gasteiger partial charge in [0.15, 0.2) is 0 Å². The maximum atomic E-state index is 5.71. The summed E-state index contributed by atoms with van der Waals surface area (Å²) < 4.78 is 0. The molecule has 0 spiro atoms. The fourth-order valence-electron chi connectivity index (χ4n) is 13.6. The molecule has 2 radical (unpaired) electrons. The molecule has 0 N–H and O–H groups in total. The van der Waals surface area contributed by atoms with Crippen molar-refractivity contribution in [3.63, 3.8) is 0 Å². The Labute approximate surface area is 639 Å². The Kier molecular flexibility index (Phi) is 24.9. The normalized spacial score (nSPS) is 10.9. The Balaban J connectivity index is 0.000000181. The Morgan fingerprint density at radius 1 is 0.135 bits per heavy atom. The Morgan fingerprint density at radius 2 is 0.269 bits per heavy atom. The second kappa shape index (κ2) is 35.9. The standard InChI is InChI=1S/2C48H36NP2.2Cu/c2*1-7-19-37(20-8-1)39-31-33-45(47(35-39)50(41-23-11-3-12-24-41)42-25-13-4-14-26-42)49-46-34-32-40(38-21-9-2-10-22-38)36-48(46)51(43-27-15-5-16-28-43)44-29-17-6-18-30-44;;/h2*1-36H;;/q2*-1;2*+2/p+4. The molecule has 0 bridgehead atoms. The van der Waals surface area contributed by atoms with E-state index in [1.54, 1.807) is 0 Å². The number of benzene rings is 16. The number of hydrogen-bond acceptors (Lipinski definition) is 0. The topological polar surface area (TPSA) is 28.2 Å². The molecule has 0 aromatic heterocycles. The Hall–Kier alpha value is -10.1. The molecule has 0 aliphatic rings. The zero-order chi connectivity index (χ0) is 68.5. The molecule has 0 unspecified atom stereocenters. The molecular weight excluding hydrogens is 1430 g/mol. The molecule has 506 valence electrons. The third-order valence-electron chi connectivity index (χ3n) is 18.5. The summed E-state index contributed by atoms with van der Waals surface area (Å²) >= 11 is 0. The van der Waals surface area contributed by atoms with Gasteiger partial charge in [0.05, 0.1) is 52.9 Å². The van der Waals surface area contributed by atoms with Gasteiger partial charge in [0.1, 0.15) is 42.4 Å². The van der Waals surface area contributed by atoms with E-state index in [2.05, 4.69) is 437 Å². The molecule has 0 saturated heterocycles. The molecule has 16 rings (SSSR count). The molecule has 0 aliphatic carbocycles. The van der Waals surface area contributed by atoms with Crippen LogP contribution in [0.3, 0.4) is 0 Å². The van der Waals surface area contributed by atoms with Crippen molar-refractivity contribution in [1.29, 1.82) is 0 Å². The average Bonchev–Trinajstić information content (AvgIpc) is 0.781. The van der Waals surface area contributed by atoms with Crippen LogP contribution in [0.15, 0.2) is 437 Å². The van der Waals surface area contributed by atoms with Crippen LogP contribution in [0.4, 0.5) is 22.7 Å². The molecule has 104 heavy (non-hydrogen) atoms. The van der Waals surface area contributed by atoms with Crippen LogP contribution >= 0.6 is 31.7 Å². The van der Waals surface area contributed by atoms with Crippen molar-refractivity contribution in [1.82, 2.24) is 0 Å². The van der Waals surface area contributed by atoms with Crippen molar-refractivity contribution in [3.05, 3.63) is 447 Å². The zero-order valence-corrected chi connectivity index (χ0v) is 62.9. The average molecular weight is 1510 g/mol. The molecule has 0 saturated carbocycles. The molecular formula is C96H76Cu2N2P4+6.